The second kappa shape index (κ2) is 11.9. The largest absolute Gasteiger partial charge is 0.342 e. The minimum absolute atomic E-state index is 0.000143. The topological polar surface area (TPSA) is 57.1 Å². The van der Waals surface area contributed by atoms with E-state index in [9.17, 15) is 9.59 Å². The maximum absolute atomic E-state index is 15.1. The van der Waals surface area contributed by atoms with Crippen molar-refractivity contribution in [3.63, 3.8) is 0 Å². The Bertz CT molecular complexity index is 1020. The minimum Gasteiger partial charge on any atom is -0.342 e. The number of nitrogens with zero attached hydrogens (tertiary/aromatic N) is 2. The number of hydrogen-bond donors (Lipinski definition) is 2. The molecule has 2 amide bonds. The van der Waals surface area contributed by atoms with Crippen LogP contribution in [0.25, 0.3) is 0 Å². The molecule has 1 heterocycles. The first kappa shape index (κ1) is 26.2. The van der Waals surface area contributed by atoms with Crippen LogP contribution in [0.3, 0.4) is 0 Å². The van der Waals surface area contributed by atoms with E-state index in [4.69, 9.17) is 0 Å². The van der Waals surface area contributed by atoms with Crippen LogP contribution in [0.2, 0.25) is 0 Å². The molecule has 2 aliphatic rings. The number of quaternary nitrogens is 1. The van der Waals surface area contributed by atoms with Crippen molar-refractivity contribution < 1.29 is 23.3 Å². The van der Waals surface area contributed by atoms with E-state index < -0.39 is 17.7 Å². The van der Waals surface area contributed by atoms with E-state index in [1.165, 1.54) is 12.1 Å². The molecular weight excluding hydrogens is 462 g/mol. The highest BCUT2D eigenvalue weighted by Crippen LogP contribution is 2.28. The summed E-state index contributed by atoms with van der Waals surface area (Å²) in [4.78, 5) is 30.4. The molecule has 6 nitrogen and oxygen atoms in total. The van der Waals surface area contributed by atoms with Crippen molar-refractivity contribution in [2.45, 2.75) is 45.6 Å². The number of hydrogen-bond acceptors (Lipinski definition) is 3. The number of piperazine rings is 1. The predicted octanol–water partition coefficient (Wildman–Crippen LogP) is 3.54. The number of carbonyl (C=O) groups excluding carboxylic acids is 2. The molecule has 2 aromatic carbocycles. The van der Waals surface area contributed by atoms with E-state index in [0.717, 1.165) is 31.2 Å². The first-order valence-corrected chi connectivity index (χ1v) is 13.2. The quantitative estimate of drug-likeness (QED) is 0.584. The molecule has 4 rings (SSSR count). The first-order chi connectivity index (χ1) is 17.4. The van der Waals surface area contributed by atoms with E-state index in [1.807, 2.05) is 49.1 Å². The third-order valence-electron chi connectivity index (χ3n) is 7.58. The van der Waals surface area contributed by atoms with Gasteiger partial charge in [-0.3, -0.25) is 19.4 Å². The summed E-state index contributed by atoms with van der Waals surface area (Å²) in [7, 11) is 0. The van der Waals surface area contributed by atoms with Gasteiger partial charge in [0.05, 0.1) is 13.1 Å². The van der Waals surface area contributed by atoms with Crippen LogP contribution < -0.4 is 10.2 Å². The molecule has 194 valence electrons. The number of amides is 2. The van der Waals surface area contributed by atoms with Gasteiger partial charge in [-0.1, -0.05) is 43.2 Å². The molecular formula is C28H37F2N4O2+. The van der Waals surface area contributed by atoms with Crippen LogP contribution in [0, 0.1) is 17.6 Å². The maximum Gasteiger partial charge on any atom is 0.244 e. The molecule has 0 aromatic heterocycles. The molecule has 0 spiro atoms. The van der Waals surface area contributed by atoms with Crippen LogP contribution in [0.5, 0.6) is 0 Å². The highest BCUT2D eigenvalue weighted by atomic mass is 19.1. The zero-order valence-electron chi connectivity index (χ0n) is 21.2. The first-order valence-electron chi connectivity index (χ1n) is 13.2. The van der Waals surface area contributed by atoms with E-state index in [1.54, 1.807) is 0 Å². The van der Waals surface area contributed by atoms with Gasteiger partial charge in [-0.15, -0.1) is 0 Å². The minimum atomic E-state index is -0.654. The van der Waals surface area contributed by atoms with Gasteiger partial charge in [-0.25, -0.2) is 8.78 Å². The fourth-order valence-electron chi connectivity index (χ4n) is 5.57. The summed E-state index contributed by atoms with van der Waals surface area (Å²) in [6.45, 7) is 7.19. The summed E-state index contributed by atoms with van der Waals surface area (Å²) in [6, 6.07) is 11.7. The van der Waals surface area contributed by atoms with Gasteiger partial charge in [0.1, 0.15) is 6.04 Å². The number of likely N-dealkylation sites (N-methyl/N-ethyl adjacent to an activating group) is 1. The normalized spacial score (nSPS) is 18.2. The van der Waals surface area contributed by atoms with Crippen molar-refractivity contribution in [1.82, 2.24) is 9.80 Å². The lowest BCUT2D eigenvalue weighted by Crippen LogP contribution is -3.10. The lowest BCUT2D eigenvalue weighted by Gasteiger charge is -2.38. The standard InChI is InChI=1S/C28H36F2N4O2/c1-3-32(4-2)28(36)25(20-10-6-5-7-11-20)33-14-16-34(17-15-33)26-23(29)18-22(19-24(26)30)31-27(35)21-12-8-9-13-21/h5-7,10-11,18-19,21,25H,3-4,8-9,12-17H2,1-2H3,(H,31,35)/p+1. The van der Waals surface area contributed by atoms with Crippen molar-refractivity contribution in [2.75, 3.05) is 44.6 Å². The highest BCUT2D eigenvalue weighted by molar-refractivity contribution is 5.92. The SMILES string of the molecule is CCN(CC)C(=O)C(c1ccccc1)N1CC[NH+](c2c(F)cc(NC(=O)C3CCCC3)cc2F)CC1. The van der Waals surface area contributed by atoms with Gasteiger partial charge in [0, 0.05) is 49.9 Å². The Labute approximate surface area is 212 Å². The monoisotopic (exact) mass is 499 g/mol. The fraction of sp³-hybridized carbons (Fsp3) is 0.500. The Morgan fingerprint density at radius 2 is 1.61 bits per heavy atom. The Hall–Kier alpha value is -2.84. The molecule has 2 aromatic rings. The lowest BCUT2D eigenvalue weighted by molar-refractivity contribution is -0.840. The zero-order valence-corrected chi connectivity index (χ0v) is 21.2. The Morgan fingerprint density at radius 1 is 1.03 bits per heavy atom. The average Bonchev–Trinajstić information content (AvgIpc) is 3.42. The molecule has 1 atom stereocenters. The molecule has 36 heavy (non-hydrogen) atoms. The van der Waals surface area contributed by atoms with Crippen LogP contribution in [0.4, 0.5) is 20.2 Å². The number of benzene rings is 2. The van der Waals surface area contributed by atoms with Gasteiger partial charge >= 0.3 is 0 Å². The molecule has 0 radical (unpaired) electrons. The van der Waals surface area contributed by atoms with Crippen LogP contribution in [0.1, 0.15) is 51.1 Å². The van der Waals surface area contributed by atoms with Crippen molar-refractivity contribution in [3.8, 4) is 0 Å². The van der Waals surface area contributed by atoms with Gasteiger partial charge in [-0.05, 0) is 32.3 Å². The highest BCUT2D eigenvalue weighted by Gasteiger charge is 2.36. The number of nitrogens with one attached hydrogen (secondary N) is 2. The summed E-state index contributed by atoms with van der Waals surface area (Å²) in [5, 5.41) is 2.69. The van der Waals surface area contributed by atoms with Crippen molar-refractivity contribution >= 4 is 23.2 Å². The van der Waals surface area contributed by atoms with E-state index in [2.05, 4.69) is 10.2 Å². The fourth-order valence-corrected chi connectivity index (χ4v) is 5.57. The molecule has 1 unspecified atom stereocenters. The summed E-state index contributed by atoms with van der Waals surface area (Å²) in [5.41, 5.74) is 1.09. The Kier molecular flexibility index (Phi) is 8.69. The van der Waals surface area contributed by atoms with E-state index in [-0.39, 0.29) is 29.1 Å². The molecule has 0 bridgehead atoms. The van der Waals surface area contributed by atoms with Crippen LogP contribution >= 0.6 is 0 Å². The summed E-state index contributed by atoms with van der Waals surface area (Å²) >= 11 is 0. The maximum atomic E-state index is 15.1. The van der Waals surface area contributed by atoms with Crippen LogP contribution in [0.15, 0.2) is 42.5 Å². The summed E-state index contributed by atoms with van der Waals surface area (Å²) < 4.78 is 30.2. The second-order valence-electron chi connectivity index (χ2n) is 9.75. The van der Waals surface area contributed by atoms with Gasteiger partial charge in [0.2, 0.25) is 17.5 Å². The zero-order chi connectivity index (χ0) is 25.7. The molecule has 2 N–H and O–H groups in total. The molecule has 8 heteroatoms. The summed E-state index contributed by atoms with van der Waals surface area (Å²) in [6.07, 6.45) is 3.68. The third kappa shape index (κ3) is 5.76. The number of rotatable bonds is 8. The van der Waals surface area contributed by atoms with E-state index in [0.29, 0.717) is 44.2 Å². The van der Waals surface area contributed by atoms with E-state index >= 15 is 8.78 Å². The molecule has 1 saturated carbocycles. The lowest BCUT2D eigenvalue weighted by atomic mass is 10.0. The van der Waals surface area contributed by atoms with Crippen molar-refractivity contribution in [2.24, 2.45) is 5.92 Å². The Morgan fingerprint density at radius 3 is 2.17 bits per heavy atom. The van der Waals surface area contributed by atoms with Gasteiger partial charge < -0.3 is 10.2 Å². The number of halogens is 2. The molecule has 2 fully saturated rings. The Balaban J connectivity index is 1.47. The average molecular weight is 500 g/mol. The molecule has 1 aliphatic heterocycles. The molecule has 1 aliphatic carbocycles. The van der Waals surface area contributed by atoms with Gasteiger partial charge in [-0.2, -0.15) is 0 Å². The van der Waals surface area contributed by atoms with Gasteiger partial charge in [0.15, 0.2) is 11.6 Å². The third-order valence-corrected chi connectivity index (χ3v) is 7.58. The smallest absolute Gasteiger partial charge is 0.244 e. The predicted molar refractivity (Wildman–Crippen MR) is 136 cm³/mol. The van der Waals surface area contributed by atoms with Crippen LogP contribution in [-0.2, 0) is 9.59 Å². The van der Waals surface area contributed by atoms with Crippen molar-refractivity contribution in [3.05, 3.63) is 59.7 Å². The van der Waals surface area contributed by atoms with Crippen molar-refractivity contribution in [1.29, 1.82) is 0 Å². The van der Waals surface area contributed by atoms with Crippen LogP contribution in [-0.4, -0.2) is 60.9 Å². The number of carbonyl (C=O) groups is 2. The number of anilines is 1. The molecule has 1 saturated heterocycles. The second-order valence-corrected chi connectivity index (χ2v) is 9.75. The van der Waals surface area contributed by atoms with Gasteiger partial charge in [0.25, 0.3) is 0 Å². The summed E-state index contributed by atoms with van der Waals surface area (Å²) in [5.74, 6) is -1.50.